The Morgan fingerprint density at radius 2 is 1.74 bits per heavy atom. The van der Waals surface area contributed by atoms with Crippen molar-refractivity contribution in [1.82, 2.24) is 9.62 Å². The molecule has 1 heterocycles. The summed E-state index contributed by atoms with van der Waals surface area (Å²) < 4.78 is 33.3. The number of piperidine rings is 1. The molecule has 1 amide bonds. The van der Waals surface area contributed by atoms with Gasteiger partial charge in [-0.2, -0.15) is 0 Å². The Hall–Kier alpha value is -3.18. The van der Waals surface area contributed by atoms with Crippen LogP contribution in [0.5, 0.6) is 11.5 Å². The summed E-state index contributed by atoms with van der Waals surface area (Å²) in [6, 6.07) is 10.4. The number of rotatable bonds is 7. The number of hydrogen-bond donors (Lipinski definition) is 2. The second-order valence-corrected chi connectivity index (χ2v) is 8.94. The van der Waals surface area contributed by atoms with Crippen LogP contribution in [0.15, 0.2) is 53.4 Å². The van der Waals surface area contributed by atoms with Gasteiger partial charge in [0.25, 0.3) is 11.6 Å². The van der Waals surface area contributed by atoms with E-state index < -0.39 is 21.1 Å². The molecule has 1 aliphatic heterocycles. The summed E-state index contributed by atoms with van der Waals surface area (Å²) in [6.45, 7) is 2.38. The van der Waals surface area contributed by atoms with E-state index in [9.17, 15) is 28.4 Å². The van der Waals surface area contributed by atoms with Crippen molar-refractivity contribution in [1.29, 1.82) is 0 Å². The summed E-state index contributed by atoms with van der Waals surface area (Å²) in [5.41, 5.74) is -0.186. The van der Waals surface area contributed by atoms with Gasteiger partial charge < -0.3 is 14.7 Å². The smallest absolute Gasteiger partial charge is 0.269 e. The fourth-order valence-electron chi connectivity index (χ4n) is 3.29. The molecule has 0 bridgehead atoms. The summed E-state index contributed by atoms with van der Waals surface area (Å²) >= 11 is 0. The number of nitro benzene ring substituents is 1. The molecule has 3 rings (SSSR count). The number of phenolic OH excluding ortho intramolecular Hbond substituents is 1. The predicted octanol–water partition coefficient (Wildman–Crippen LogP) is 2.04. The molecule has 31 heavy (non-hydrogen) atoms. The molecule has 0 radical (unpaired) electrons. The minimum Gasteiger partial charge on any atom is -0.508 e. The SMILES string of the molecule is CC(Oc1ccc(O)cc1)C(=O)N1CCC(NS(=O)(=O)c2ccc([N+](=O)[O-])cc2)CC1. The van der Waals surface area contributed by atoms with E-state index in [1.54, 1.807) is 24.0 Å². The zero-order valence-electron chi connectivity index (χ0n) is 16.8. The van der Waals surface area contributed by atoms with Crippen molar-refractivity contribution in [3.63, 3.8) is 0 Å². The lowest BCUT2D eigenvalue weighted by atomic mass is 10.1. The second-order valence-electron chi connectivity index (χ2n) is 7.23. The summed E-state index contributed by atoms with van der Waals surface area (Å²) in [7, 11) is -3.82. The van der Waals surface area contributed by atoms with Crippen LogP contribution in [0.2, 0.25) is 0 Å². The molecule has 0 aliphatic carbocycles. The van der Waals surface area contributed by atoms with Crippen LogP contribution in [0.25, 0.3) is 0 Å². The number of non-ortho nitro benzene ring substituents is 1. The highest BCUT2D eigenvalue weighted by atomic mass is 32.2. The number of aromatic hydroxyl groups is 1. The van der Waals surface area contributed by atoms with Crippen LogP contribution in [0.4, 0.5) is 5.69 Å². The Balaban J connectivity index is 1.53. The number of nitro groups is 1. The maximum atomic E-state index is 12.6. The van der Waals surface area contributed by atoms with Crippen molar-refractivity contribution >= 4 is 21.6 Å². The van der Waals surface area contributed by atoms with Gasteiger partial charge in [0.05, 0.1) is 9.82 Å². The molecule has 2 aromatic rings. The number of nitrogens with one attached hydrogen (secondary N) is 1. The van der Waals surface area contributed by atoms with Crippen molar-refractivity contribution in [3.05, 3.63) is 58.6 Å². The third kappa shape index (κ3) is 5.70. The van der Waals surface area contributed by atoms with Gasteiger partial charge in [-0.25, -0.2) is 13.1 Å². The largest absolute Gasteiger partial charge is 0.508 e. The first-order chi connectivity index (χ1) is 14.7. The molecule has 166 valence electrons. The minimum absolute atomic E-state index is 0.0486. The Morgan fingerprint density at radius 3 is 2.29 bits per heavy atom. The molecule has 1 atom stereocenters. The number of ether oxygens (including phenoxy) is 1. The number of nitrogens with zero attached hydrogens (tertiary/aromatic N) is 2. The predicted molar refractivity (Wildman–Crippen MR) is 111 cm³/mol. The highest BCUT2D eigenvalue weighted by Gasteiger charge is 2.29. The molecule has 1 unspecified atom stereocenters. The van der Waals surface area contributed by atoms with Crippen LogP contribution in [-0.2, 0) is 14.8 Å². The molecule has 2 N–H and O–H groups in total. The quantitative estimate of drug-likeness (QED) is 0.487. The van der Waals surface area contributed by atoms with Crippen molar-refractivity contribution in [2.45, 2.75) is 36.8 Å². The average Bonchev–Trinajstić information content (AvgIpc) is 2.75. The van der Waals surface area contributed by atoms with Gasteiger partial charge >= 0.3 is 0 Å². The Kier molecular flexibility index (Phi) is 6.76. The van der Waals surface area contributed by atoms with Crippen LogP contribution >= 0.6 is 0 Å². The first-order valence-electron chi connectivity index (χ1n) is 9.67. The standard InChI is InChI=1S/C20H23N3O7S/c1-14(30-18-6-4-17(24)5-7-18)20(25)22-12-10-15(11-13-22)21-31(28,29)19-8-2-16(3-9-19)23(26)27/h2-9,14-15,21,24H,10-13H2,1H3. The van der Waals surface area contributed by atoms with Crippen molar-refractivity contribution < 1.29 is 28.0 Å². The fourth-order valence-corrected chi connectivity index (χ4v) is 4.59. The molecule has 2 aromatic carbocycles. The molecular formula is C20H23N3O7S. The number of carbonyl (C=O) groups excluding carboxylic acids is 1. The molecule has 0 saturated carbocycles. The van der Waals surface area contributed by atoms with E-state index in [1.165, 1.54) is 24.3 Å². The van der Waals surface area contributed by atoms with E-state index in [2.05, 4.69) is 4.72 Å². The molecular weight excluding hydrogens is 426 g/mol. The molecule has 1 aliphatic rings. The maximum Gasteiger partial charge on any atom is 0.269 e. The second kappa shape index (κ2) is 9.31. The molecule has 1 fully saturated rings. The Bertz CT molecular complexity index is 1030. The van der Waals surface area contributed by atoms with Gasteiger partial charge in [0.2, 0.25) is 10.0 Å². The van der Waals surface area contributed by atoms with E-state index in [-0.39, 0.29) is 28.3 Å². The van der Waals surface area contributed by atoms with Gasteiger partial charge in [-0.05, 0) is 56.2 Å². The number of sulfonamides is 1. The molecule has 10 nitrogen and oxygen atoms in total. The fraction of sp³-hybridized carbons (Fsp3) is 0.350. The van der Waals surface area contributed by atoms with Crippen LogP contribution in [0.1, 0.15) is 19.8 Å². The highest BCUT2D eigenvalue weighted by Crippen LogP contribution is 2.20. The molecule has 0 spiro atoms. The van der Waals surface area contributed by atoms with Gasteiger partial charge in [0.1, 0.15) is 11.5 Å². The highest BCUT2D eigenvalue weighted by molar-refractivity contribution is 7.89. The van der Waals surface area contributed by atoms with Crippen LogP contribution in [0, 0.1) is 10.1 Å². The summed E-state index contributed by atoms with van der Waals surface area (Å²) in [5, 5.41) is 20.0. The molecule has 0 aromatic heterocycles. The first kappa shape index (κ1) is 22.5. The van der Waals surface area contributed by atoms with E-state index in [1.807, 2.05) is 0 Å². The Morgan fingerprint density at radius 1 is 1.16 bits per heavy atom. The summed E-state index contributed by atoms with van der Waals surface area (Å²) in [4.78, 5) is 24.3. The van der Waals surface area contributed by atoms with Gasteiger partial charge in [0, 0.05) is 31.3 Å². The number of likely N-dealkylation sites (tertiary alicyclic amines) is 1. The summed E-state index contributed by atoms with van der Waals surface area (Å²) in [5.74, 6) is 0.360. The lowest BCUT2D eigenvalue weighted by Gasteiger charge is -2.33. The van der Waals surface area contributed by atoms with Crippen molar-refractivity contribution in [3.8, 4) is 11.5 Å². The zero-order chi connectivity index (χ0) is 22.6. The number of benzene rings is 2. The topological polar surface area (TPSA) is 139 Å². The third-order valence-electron chi connectivity index (χ3n) is 4.98. The number of hydrogen-bond acceptors (Lipinski definition) is 7. The van der Waals surface area contributed by atoms with E-state index in [0.29, 0.717) is 31.7 Å². The normalized spacial score (nSPS) is 16.0. The van der Waals surface area contributed by atoms with E-state index >= 15 is 0 Å². The van der Waals surface area contributed by atoms with Gasteiger partial charge in [0.15, 0.2) is 6.10 Å². The lowest BCUT2D eigenvalue weighted by molar-refractivity contribution is -0.384. The maximum absolute atomic E-state index is 12.6. The van der Waals surface area contributed by atoms with E-state index in [4.69, 9.17) is 4.74 Å². The third-order valence-corrected chi connectivity index (χ3v) is 6.52. The van der Waals surface area contributed by atoms with Gasteiger partial charge in [-0.3, -0.25) is 14.9 Å². The van der Waals surface area contributed by atoms with Crippen molar-refractivity contribution in [2.24, 2.45) is 0 Å². The van der Waals surface area contributed by atoms with Crippen LogP contribution in [-0.4, -0.2) is 54.5 Å². The Labute approximate surface area is 179 Å². The van der Waals surface area contributed by atoms with Crippen LogP contribution < -0.4 is 9.46 Å². The lowest BCUT2D eigenvalue weighted by Crippen LogP contribution is -2.49. The molecule has 1 saturated heterocycles. The first-order valence-corrected chi connectivity index (χ1v) is 11.2. The molecule has 11 heteroatoms. The van der Waals surface area contributed by atoms with Gasteiger partial charge in [-0.15, -0.1) is 0 Å². The number of phenols is 1. The number of amides is 1. The van der Waals surface area contributed by atoms with Crippen LogP contribution in [0.3, 0.4) is 0 Å². The van der Waals surface area contributed by atoms with E-state index in [0.717, 1.165) is 12.1 Å². The zero-order valence-corrected chi connectivity index (χ0v) is 17.6. The average molecular weight is 449 g/mol. The summed E-state index contributed by atoms with van der Waals surface area (Å²) in [6.07, 6.45) is 0.145. The number of carbonyl (C=O) groups is 1. The van der Waals surface area contributed by atoms with Gasteiger partial charge in [-0.1, -0.05) is 0 Å². The monoisotopic (exact) mass is 449 g/mol. The van der Waals surface area contributed by atoms with Crippen molar-refractivity contribution in [2.75, 3.05) is 13.1 Å². The minimum atomic E-state index is -3.82.